The molecule has 2 fully saturated rings. The fourth-order valence-corrected chi connectivity index (χ4v) is 3.93. The Hall–Kier alpha value is -1.79. The molecule has 7 heteroatoms. The molecule has 150 valence electrons. The van der Waals surface area contributed by atoms with Gasteiger partial charge in [0.2, 0.25) is 5.91 Å². The number of piperidine rings is 1. The van der Waals surface area contributed by atoms with Crippen molar-refractivity contribution in [3.05, 3.63) is 35.9 Å². The molecule has 1 unspecified atom stereocenters. The van der Waals surface area contributed by atoms with Crippen LogP contribution in [0.4, 0.5) is 4.79 Å². The van der Waals surface area contributed by atoms with Gasteiger partial charge in [-0.3, -0.25) is 4.79 Å². The Kier molecular flexibility index (Phi) is 8.38. The monoisotopic (exact) mass is 394 g/mol. The molecule has 1 aromatic carbocycles. The SMILES string of the molecule is Cl.O=C(NCc1ccccc1)NC1(C(=O)NCC2CCCNC2)CCCC1. The highest BCUT2D eigenvalue weighted by atomic mass is 35.5. The van der Waals surface area contributed by atoms with Gasteiger partial charge < -0.3 is 21.3 Å². The Labute approximate surface area is 167 Å². The summed E-state index contributed by atoms with van der Waals surface area (Å²) in [6, 6.07) is 9.50. The van der Waals surface area contributed by atoms with E-state index in [1.807, 2.05) is 30.3 Å². The lowest BCUT2D eigenvalue weighted by atomic mass is 9.95. The molecule has 0 bridgehead atoms. The van der Waals surface area contributed by atoms with E-state index in [1.54, 1.807) is 0 Å². The van der Waals surface area contributed by atoms with E-state index in [0.29, 0.717) is 31.8 Å². The lowest BCUT2D eigenvalue weighted by Crippen LogP contribution is -2.59. The van der Waals surface area contributed by atoms with Crippen LogP contribution in [-0.2, 0) is 11.3 Å². The molecule has 3 amide bonds. The van der Waals surface area contributed by atoms with Crippen LogP contribution in [0, 0.1) is 5.92 Å². The van der Waals surface area contributed by atoms with E-state index in [4.69, 9.17) is 0 Å². The number of nitrogens with one attached hydrogen (secondary N) is 4. The number of urea groups is 1. The van der Waals surface area contributed by atoms with E-state index in [2.05, 4.69) is 21.3 Å². The third kappa shape index (κ3) is 6.11. The first-order valence-corrected chi connectivity index (χ1v) is 9.77. The Morgan fingerprint density at radius 1 is 1.07 bits per heavy atom. The lowest BCUT2D eigenvalue weighted by molar-refractivity contribution is -0.127. The molecule has 0 radical (unpaired) electrons. The van der Waals surface area contributed by atoms with E-state index < -0.39 is 5.54 Å². The molecular weight excluding hydrogens is 364 g/mol. The van der Waals surface area contributed by atoms with Crippen LogP contribution in [0.15, 0.2) is 30.3 Å². The van der Waals surface area contributed by atoms with Crippen molar-refractivity contribution in [2.75, 3.05) is 19.6 Å². The van der Waals surface area contributed by atoms with E-state index in [1.165, 1.54) is 0 Å². The minimum atomic E-state index is -0.761. The second-order valence-corrected chi connectivity index (χ2v) is 7.50. The van der Waals surface area contributed by atoms with Crippen LogP contribution < -0.4 is 21.3 Å². The summed E-state index contributed by atoms with van der Waals surface area (Å²) < 4.78 is 0. The van der Waals surface area contributed by atoms with Crippen molar-refractivity contribution < 1.29 is 9.59 Å². The highest BCUT2D eigenvalue weighted by molar-refractivity contribution is 5.91. The van der Waals surface area contributed by atoms with Gasteiger partial charge in [0.25, 0.3) is 0 Å². The predicted molar refractivity (Wildman–Crippen MR) is 109 cm³/mol. The van der Waals surface area contributed by atoms with Crippen LogP contribution in [0.2, 0.25) is 0 Å². The van der Waals surface area contributed by atoms with Crippen molar-refractivity contribution in [3.8, 4) is 0 Å². The van der Waals surface area contributed by atoms with Crippen LogP contribution in [0.1, 0.15) is 44.1 Å². The van der Waals surface area contributed by atoms with E-state index in [9.17, 15) is 9.59 Å². The Bertz CT molecular complexity index is 599. The first-order chi connectivity index (χ1) is 12.7. The molecule has 1 heterocycles. The second kappa shape index (κ2) is 10.5. The molecular formula is C20H31ClN4O2. The first-order valence-electron chi connectivity index (χ1n) is 9.77. The molecule has 6 nitrogen and oxygen atoms in total. The van der Waals surface area contributed by atoms with Gasteiger partial charge in [-0.25, -0.2) is 4.79 Å². The average molecular weight is 395 g/mol. The second-order valence-electron chi connectivity index (χ2n) is 7.50. The number of benzene rings is 1. The number of hydrogen-bond donors (Lipinski definition) is 4. The number of rotatable bonds is 6. The van der Waals surface area contributed by atoms with Gasteiger partial charge in [-0.05, 0) is 50.3 Å². The topological polar surface area (TPSA) is 82.3 Å². The number of halogens is 1. The summed E-state index contributed by atoms with van der Waals surface area (Å²) in [7, 11) is 0. The maximum absolute atomic E-state index is 12.8. The van der Waals surface area contributed by atoms with Gasteiger partial charge in [0.05, 0.1) is 0 Å². The lowest BCUT2D eigenvalue weighted by Gasteiger charge is -2.30. The average Bonchev–Trinajstić information content (AvgIpc) is 3.16. The fraction of sp³-hybridized carbons (Fsp3) is 0.600. The predicted octanol–water partition coefficient (Wildman–Crippen LogP) is 2.34. The quantitative estimate of drug-likeness (QED) is 0.597. The van der Waals surface area contributed by atoms with E-state index >= 15 is 0 Å². The number of amides is 3. The van der Waals surface area contributed by atoms with Crippen molar-refractivity contribution in [1.29, 1.82) is 0 Å². The smallest absolute Gasteiger partial charge is 0.315 e. The molecule has 1 saturated carbocycles. The molecule has 0 spiro atoms. The minimum absolute atomic E-state index is 0. The highest BCUT2D eigenvalue weighted by Crippen LogP contribution is 2.30. The molecule has 2 aliphatic rings. The van der Waals surface area contributed by atoms with Crippen molar-refractivity contribution in [2.24, 2.45) is 5.92 Å². The van der Waals surface area contributed by atoms with Crippen LogP contribution in [0.5, 0.6) is 0 Å². The zero-order valence-corrected chi connectivity index (χ0v) is 16.6. The molecule has 1 atom stereocenters. The Morgan fingerprint density at radius 2 is 1.81 bits per heavy atom. The fourth-order valence-electron chi connectivity index (χ4n) is 3.93. The standard InChI is InChI=1S/C20H30N4O2.ClH/c25-18(22-15-17-9-6-12-21-13-17)20(10-4-5-11-20)24-19(26)23-14-16-7-2-1-3-8-16;/h1-3,7-8,17,21H,4-6,9-15H2,(H,22,25)(H2,23,24,26);1H. The van der Waals surface area contributed by atoms with Crippen molar-refractivity contribution in [3.63, 3.8) is 0 Å². The zero-order chi connectivity index (χ0) is 18.2. The largest absolute Gasteiger partial charge is 0.354 e. The molecule has 3 rings (SSSR count). The minimum Gasteiger partial charge on any atom is -0.354 e. The zero-order valence-electron chi connectivity index (χ0n) is 15.8. The molecule has 1 saturated heterocycles. The van der Waals surface area contributed by atoms with Gasteiger partial charge in [0.1, 0.15) is 5.54 Å². The summed E-state index contributed by atoms with van der Waals surface area (Å²) in [5.74, 6) is 0.452. The third-order valence-corrected chi connectivity index (χ3v) is 5.49. The summed E-state index contributed by atoms with van der Waals surface area (Å²) in [6.07, 6.45) is 5.66. The van der Waals surface area contributed by atoms with Gasteiger partial charge in [-0.2, -0.15) is 0 Å². The molecule has 27 heavy (non-hydrogen) atoms. The molecule has 4 N–H and O–H groups in total. The molecule has 1 aliphatic heterocycles. The van der Waals surface area contributed by atoms with Gasteiger partial charge in [-0.15, -0.1) is 12.4 Å². The van der Waals surface area contributed by atoms with Crippen LogP contribution >= 0.6 is 12.4 Å². The summed E-state index contributed by atoms with van der Waals surface area (Å²) >= 11 is 0. The number of carbonyl (C=O) groups is 2. The van der Waals surface area contributed by atoms with E-state index in [0.717, 1.165) is 44.3 Å². The van der Waals surface area contributed by atoms with Gasteiger partial charge in [-0.1, -0.05) is 43.2 Å². The summed E-state index contributed by atoms with van der Waals surface area (Å²) in [6.45, 7) is 3.16. The summed E-state index contributed by atoms with van der Waals surface area (Å²) in [5, 5.41) is 12.3. The van der Waals surface area contributed by atoms with Crippen molar-refractivity contribution in [1.82, 2.24) is 21.3 Å². The first kappa shape index (κ1) is 21.5. The number of hydrogen-bond acceptors (Lipinski definition) is 3. The molecule has 0 aromatic heterocycles. The van der Waals surface area contributed by atoms with Crippen LogP contribution in [0.25, 0.3) is 0 Å². The van der Waals surface area contributed by atoms with E-state index in [-0.39, 0.29) is 24.3 Å². The molecule has 1 aliphatic carbocycles. The van der Waals surface area contributed by atoms with Gasteiger partial charge >= 0.3 is 6.03 Å². The number of carbonyl (C=O) groups excluding carboxylic acids is 2. The van der Waals surface area contributed by atoms with Crippen molar-refractivity contribution in [2.45, 2.75) is 50.6 Å². The summed E-state index contributed by atoms with van der Waals surface area (Å²) in [4.78, 5) is 25.2. The van der Waals surface area contributed by atoms with Crippen molar-refractivity contribution >= 4 is 24.3 Å². The Balaban J connectivity index is 0.00000261. The Morgan fingerprint density at radius 3 is 2.48 bits per heavy atom. The maximum atomic E-state index is 12.8. The van der Waals surface area contributed by atoms with Gasteiger partial charge in [0, 0.05) is 13.1 Å². The normalized spacial score (nSPS) is 21.0. The maximum Gasteiger partial charge on any atom is 0.315 e. The molecule has 1 aromatic rings. The van der Waals surface area contributed by atoms with Crippen LogP contribution in [-0.4, -0.2) is 37.1 Å². The van der Waals surface area contributed by atoms with Crippen LogP contribution in [0.3, 0.4) is 0 Å². The summed E-state index contributed by atoms with van der Waals surface area (Å²) in [5.41, 5.74) is 0.278. The third-order valence-electron chi connectivity index (χ3n) is 5.49. The highest BCUT2D eigenvalue weighted by Gasteiger charge is 2.42. The van der Waals surface area contributed by atoms with Gasteiger partial charge in [0.15, 0.2) is 0 Å².